The number of amides is 1. The predicted octanol–water partition coefficient (Wildman–Crippen LogP) is 4.03. The fourth-order valence-corrected chi connectivity index (χ4v) is 2.86. The molecular formula is C22H18N4O. The molecule has 0 radical (unpaired) electrons. The molecule has 0 saturated carbocycles. The van der Waals surface area contributed by atoms with Crippen molar-refractivity contribution >= 4 is 12.1 Å². The van der Waals surface area contributed by atoms with Gasteiger partial charge >= 0.3 is 0 Å². The lowest BCUT2D eigenvalue weighted by Crippen LogP contribution is -2.19. The molecule has 0 atom stereocenters. The highest BCUT2D eigenvalue weighted by molar-refractivity contribution is 5.98. The first-order valence-corrected chi connectivity index (χ1v) is 8.60. The lowest BCUT2D eigenvalue weighted by Gasteiger charge is -2.08. The normalized spacial score (nSPS) is 11.0. The number of carbonyl (C=O) groups excluding carboxylic acids is 1. The summed E-state index contributed by atoms with van der Waals surface area (Å²) < 4.78 is 3.91. The largest absolute Gasteiger partial charge is 0.323 e. The van der Waals surface area contributed by atoms with Crippen LogP contribution in [0.15, 0.2) is 103 Å². The van der Waals surface area contributed by atoms with E-state index in [4.69, 9.17) is 0 Å². The van der Waals surface area contributed by atoms with Crippen LogP contribution in [-0.4, -0.2) is 21.3 Å². The Morgan fingerprint density at radius 1 is 0.815 bits per heavy atom. The van der Waals surface area contributed by atoms with E-state index in [1.54, 1.807) is 12.3 Å². The molecule has 1 N–H and O–H groups in total. The molecule has 27 heavy (non-hydrogen) atoms. The Balaban J connectivity index is 1.47. The minimum Gasteiger partial charge on any atom is -0.323 e. The van der Waals surface area contributed by atoms with Crippen molar-refractivity contribution in [1.82, 2.24) is 14.6 Å². The van der Waals surface area contributed by atoms with E-state index < -0.39 is 0 Å². The molecule has 0 unspecified atom stereocenters. The van der Waals surface area contributed by atoms with Gasteiger partial charge in [0.1, 0.15) is 0 Å². The van der Waals surface area contributed by atoms with E-state index in [9.17, 15) is 4.79 Å². The maximum atomic E-state index is 12.5. The smallest absolute Gasteiger partial charge is 0.273 e. The summed E-state index contributed by atoms with van der Waals surface area (Å²) in [6.07, 6.45) is 9.36. The number of aromatic nitrogens is 2. The van der Waals surface area contributed by atoms with Crippen LogP contribution in [0, 0.1) is 0 Å². The van der Waals surface area contributed by atoms with Gasteiger partial charge < -0.3 is 9.13 Å². The number of hydrogen-bond acceptors (Lipinski definition) is 2. The van der Waals surface area contributed by atoms with Gasteiger partial charge in [0.15, 0.2) is 0 Å². The molecule has 0 saturated heterocycles. The summed E-state index contributed by atoms with van der Waals surface area (Å²) >= 11 is 0. The Bertz CT molecular complexity index is 1060. The minimum absolute atomic E-state index is 0.252. The Hall–Kier alpha value is -3.86. The zero-order valence-electron chi connectivity index (χ0n) is 14.6. The van der Waals surface area contributed by atoms with Crippen LogP contribution >= 0.6 is 0 Å². The van der Waals surface area contributed by atoms with Crippen LogP contribution in [0.4, 0.5) is 0 Å². The number of rotatable bonds is 5. The second-order valence-corrected chi connectivity index (χ2v) is 5.99. The molecule has 2 heterocycles. The van der Waals surface area contributed by atoms with Crippen molar-refractivity contribution in [2.24, 2.45) is 5.10 Å². The standard InChI is InChI=1S/C22H18N4O/c27-22(20-10-4-5-11-21(20)25-13-6-7-14-25)24-23-16-18-12-15-26(17-18)19-8-2-1-3-9-19/h1-17H,(H,24,27)/b23-16-. The number of benzene rings is 2. The first-order valence-electron chi connectivity index (χ1n) is 8.60. The van der Waals surface area contributed by atoms with Crippen LogP contribution in [0.5, 0.6) is 0 Å². The second-order valence-electron chi connectivity index (χ2n) is 5.99. The molecule has 0 aliphatic rings. The lowest BCUT2D eigenvalue weighted by molar-refractivity contribution is 0.0955. The maximum absolute atomic E-state index is 12.5. The highest BCUT2D eigenvalue weighted by atomic mass is 16.2. The van der Waals surface area contributed by atoms with E-state index in [0.717, 1.165) is 16.9 Å². The quantitative estimate of drug-likeness (QED) is 0.427. The van der Waals surface area contributed by atoms with Gasteiger partial charge in [-0.25, -0.2) is 5.43 Å². The number of nitrogens with zero attached hydrogens (tertiary/aromatic N) is 3. The number of hydrogen-bond donors (Lipinski definition) is 1. The third-order valence-corrected chi connectivity index (χ3v) is 4.18. The van der Waals surface area contributed by atoms with Crippen molar-refractivity contribution in [3.8, 4) is 11.4 Å². The molecule has 4 rings (SSSR count). The van der Waals surface area contributed by atoms with Crippen molar-refractivity contribution in [3.05, 3.63) is 109 Å². The van der Waals surface area contributed by atoms with Crippen LogP contribution in [0.3, 0.4) is 0 Å². The summed E-state index contributed by atoms with van der Waals surface area (Å²) in [6.45, 7) is 0. The third-order valence-electron chi connectivity index (χ3n) is 4.18. The van der Waals surface area contributed by atoms with Gasteiger partial charge in [-0.05, 0) is 42.5 Å². The Morgan fingerprint density at radius 3 is 2.37 bits per heavy atom. The molecule has 1 amide bonds. The lowest BCUT2D eigenvalue weighted by atomic mass is 10.1. The predicted molar refractivity (Wildman–Crippen MR) is 107 cm³/mol. The van der Waals surface area contributed by atoms with Crippen molar-refractivity contribution in [2.75, 3.05) is 0 Å². The van der Waals surface area contributed by atoms with Crippen molar-refractivity contribution in [2.45, 2.75) is 0 Å². The van der Waals surface area contributed by atoms with Crippen LogP contribution < -0.4 is 5.43 Å². The SMILES string of the molecule is O=C(N/N=C\c1ccn(-c2ccccc2)c1)c1ccccc1-n1cccc1. The second kappa shape index (κ2) is 7.58. The molecular weight excluding hydrogens is 336 g/mol. The molecule has 5 nitrogen and oxygen atoms in total. The Morgan fingerprint density at radius 2 is 1.56 bits per heavy atom. The summed E-state index contributed by atoms with van der Waals surface area (Å²) in [4.78, 5) is 12.5. The van der Waals surface area contributed by atoms with Gasteiger partial charge in [0.05, 0.1) is 17.5 Å². The van der Waals surface area contributed by atoms with Crippen molar-refractivity contribution in [1.29, 1.82) is 0 Å². The molecule has 0 bridgehead atoms. The monoisotopic (exact) mass is 354 g/mol. The average Bonchev–Trinajstić information content (AvgIpc) is 3.41. The number of para-hydroxylation sites is 2. The molecule has 2 aromatic carbocycles. The summed E-state index contributed by atoms with van der Waals surface area (Å²) in [6, 6.07) is 23.2. The topological polar surface area (TPSA) is 51.3 Å². The van der Waals surface area contributed by atoms with E-state index in [0.29, 0.717) is 5.56 Å². The van der Waals surface area contributed by atoms with Crippen LogP contribution in [-0.2, 0) is 0 Å². The highest BCUT2D eigenvalue weighted by Crippen LogP contribution is 2.14. The molecule has 0 fully saturated rings. The number of hydrazone groups is 1. The van der Waals surface area contributed by atoms with Gasteiger partial charge in [-0.3, -0.25) is 4.79 Å². The molecule has 0 aliphatic heterocycles. The van der Waals surface area contributed by atoms with Crippen LogP contribution in [0.25, 0.3) is 11.4 Å². The molecule has 0 spiro atoms. The average molecular weight is 354 g/mol. The van der Waals surface area contributed by atoms with Gasteiger partial charge in [-0.1, -0.05) is 30.3 Å². The maximum Gasteiger partial charge on any atom is 0.273 e. The van der Waals surface area contributed by atoms with Gasteiger partial charge in [-0.2, -0.15) is 5.10 Å². The fraction of sp³-hybridized carbons (Fsp3) is 0. The van der Waals surface area contributed by atoms with E-state index in [2.05, 4.69) is 10.5 Å². The zero-order chi connectivity index (χ0) is 18.5. The third kappa shape index (κ3) is 3.72. The van der Waals surface area contributed by atoms with Gasteiger partial charge in [0, 0.05) is 36.0 Å². The fourth-order valence-electron chi connectivity index (χ4n) is 2.86. The summed E-state index contributed by atoms with van der Waals surface area (Å²) in [5.41, 5.74) is 5.95. The van der Waals surface area contributed by atoms with E-state index in [1.165, 1.54) is 0 Å². The Labute approximate surface area is 157 Å². The minimum atomic E-state index is -0.252. The molecule has 0 aliphatic carbocycles. The molecule has 2 aromatic heterocycles. The van der Waals surface area contributed by atoms with Crippen LogP contribution in [0.1, 0.15) is 15.9 Å². The van der Waals surface area contributed by atoms with Gasteiger partial charge in [0.2, 0.25) is 0 Å². The molecule has 4 aromatic rings. The Kier molecular flexibility index (Phi) is 4.66. The summed E-state index contributed by atoms with van der Waals surface area (Å²) in [5, 5.41) is 4.10. The summed E-state index contributed by atoms with van der Waals surface area (Å²) in [5.74, 6) is -0.252. The van der Waals surface area contributed by atoms with Crippen molar-refractivity contribution in [3.63, 3.8) is 0 Å². The number of carbonyl (C=O) groups is 1. The first-order chi connectivity index (χ1) is 13.3. The van der Waals surface area contributed by atoms with Crippen LogP contribution in [0.2, 0.25) is 0 Å². The van der Waals surface area contributed by atoms with E-state index in [-0.39, 0.29) is 5.91 Å². The van der Waals surface area contributed by atoms with Crippen molar-refractivity contribution < 1.29 is 4.79 Å². The first kappa shape index (κ1) is 16.6. The zero-order valence-corrected chi connectivity index (χ0v) is 14.6. The highest BCUT2D eigenvalue weighted by Gasteiger charge is 2.10. The van der Waals surface area contributed by atoms with E-state index in [1.807, 2.05) is 101 Å². The van der Waals surface area contributed by atoms with E-state index >= 15 is 0 Å². The molecule has 5 heteroatoms. The molecule has 132 valence electrons. The number of nitrogens with one attached hydrogen (secondary N) is 1. The van der Waals surface area contributed by atoms with Gasteiger partial charge in [0.25, 0.3) is 5.91 Å². The summed E-state index contributed by atoms with van der Waals surface area (Å²) in [7, 11) is 0. The van der Waals surface area contributed by atoms with Gasteiger partial charge in [-0.15, -0.1) is 0 Å².